The third-order valence-corrected chi connectivity index (χ3v) is 3.38. The monoisotopic (exact) mass is 264 g/mol. The molecule has 2 aliphatic carbocycles. The van der Waals surface area contributed by atoms with Gasteiger partial charge in [0, 0.05) is 25.7 Å². The molecular formula is C14H20F4. The SMILES string of the molecule is C=C1CCC(F)(F)CC1.C=C1CCC(F)(F)CC1. The maximum Gasteiger partial charge on any atom is 0.248 e. The highest BCUT2D eigenvalue weighted by molar-refractivity contribution is 5.01. The molecule has 0 nitrogen and oxygen atoms in total. The summed E-state index contributed by atoms with van der Waals surface area (Å²) in [7, 11) is 0. The lowest BCUT2D eigenvalue weighted by atomic mass is 9.93. The molecule has 0 heterocycles. The van der Waals surface area contributed by atoms with Gasteiger partial charge in [0.25, 0.3) is 0 Å². The summed E-state index contributed by atoms with van der Waals surface area (Å²) >= 11 is 0. The van der Waals surface area contributed by atoms with Crippen LogP contribution in [0.4, 0.5) is 17.6 Å². The Hall–Kier alpha value is -0.800. The van der Waals surface area contributed by atoms with Crippen molar-refractivity contribution >= 4 is 0 Å². The molecule has 2 saturated carbocycles. The van der Waals surface area contributed by atoms with Gasteiger partial charge in [0.2, 0.25) is 11.8 Å². The lowest BCUT2D eigenvalue weighted by Crippen LogP contribution is -2.20. The summed E-state index contributed by atoms with van der Waals surface area (Å²) in [5, 5.41) is 0. The Morgan fingerprint density at radius 3 is 1.00 bits per heavy atom. The molecule has 0 radical (unpaired) electrons. The fourth-order valence-corrected chi connectivity index (χ4v) is 1.94. The standard InChI is InChI=1S/2C7H10F2/c2*1-6-2-4-7(8,9)5-3-6/h2*1-5H2. The van der Waals surface area contributed by atoms with Crippen molar-refractivity contribution in [1.82, 2.24) is 0 Å². The Bertz CT molecular complexity index is 262. The summed E-state index contributed by atoms with van der Waals surface area (Å²) in [6.45, 7) is 7.29. The van der Waals surface area contributed by atoms with Crippen molar-refractivity contribution in [2.75, 3.05) is 0 Å². The molecule has 0 atom stereocenters. The zero-order chi connectivity index (χ0) is 13.8. The van der Waals surface area contributed by atoms with E-state index < -0.39 is 11.8 Å². The Balaban J connectivity index is 0.000000180. The molecule has 0 bridgehead atoms. The highest BCUT2D eigenvalue weighted by Crippen LogP contribution is 2.35. The van der Waals surface area contributed by atoms with E-state index in [1.165, 1.54) is 0 Å². The van der Waals surface area contributed by atoms with Crippen molar-refractivity contribution < 1.29 is 17.6 Å². The van der Waals surface area contributed by atoms with Crippen molar-refractivity contribution in [3.8, 4) is 0 Å². The molecule has 2 rings (SSSR count). The molecule has 0 amide bonds. The van der Waals surface area contributed by atoms with Crippen LogP contribution < -0.4 is 0 Å². The van der Waals surface area contributed by atoms with Crippen LogP contribution in [0.25, 0.3) is 0 Å². The maximum atomic E-state index is 12.3. The molecule has 2 fully saturated rings. The van der Waals surface area contributed by atoms with E-state index in [4.69, 9.17) is 0 Å². The summed E-state index contributed by atoms with van der Waals surface area (Å²) in [5.41, 5.74) is 1.95. The second-order valence-electron chi connectivity index (χ2n) is 5.21. The molecule has 0 aliphatic heterocycles. The van der Waals surface area contributed by atoms with Crippen molar-refractivity contribution in [1.29, 1.82) is 0 Å². The van der Waals surface area contributed by atoms with E-state index in [1.807, 2.05) is 0 Å². The van der Waals surface area contributed by atoms with Gasteiger partial charge in [-0.3, -0.25) is 0 Å². The lowest BCUT2D eigenvalue weighted by Gasteiger charge is -2.22. The van der Waals surface area contributed by atoms with Crippen LogP contribution >= 0.6 is 0 Å². The molecule has 0 saturated heterocycles. The Kier molecular flexibility index (Phi) is 5.00. The topological polar surface area (TPSA) is 0 Å². The summed E-state index contributed by atoms with van der Waals surface area (Å²) in [5.74, 6) is -4.80. The molecule has 104 valence electrons. The van der Waals surface area contributed by atoms with Crippen LogP contribution in [0.1, 0.15) is 51.4 Å². The minimum atomic E-state index is -2.40. The number of halogens is 4. The molecule has 0 unspecified atom stereocenters. The first-order valence-electron chi connectivity index (χ1n) is 6.29. The first-order valence-corrected chi connectivity index (χ1v) is 6.29. The van der Waals surface area contributed by atoms with Crippen LogP contribution in [0.15, 0.2) is 24.3 Å². The van der Waals surface area contributed by atoms with Crippen LogP contribution in [0.3, 0.4) is 0 Å². The van der Waals surface area contributed by atoms with E-state index in [0.29, 0.717) is 25.7 Å². The molecule has 0 aromatic carbocycles. The van der Waals surface area contributed by atoms with Crippen LogP contribution in [-0.2, 0) is 0 Å². The van der Waals surface area contributed by atoms with Gasteiger partial charge in [0.15, 0.2) is 0 Å². The van der Waals surface area contributed by atoms with Crippen molar-refractivity contribution in [2.24, 2.45) is 0 Å². The van der Waals surface area contributed by atoms with Crippen molar-refractivity contribution in [2.45, 2.75) is 63.2 Å². The predicted molar refractivity (Wildman–Crippen MR) is 65.1 cm³/mol. The second kappa shape index (κ2) is 5.89. The van der Waals surface area contributed by atoms with Gasteiger partial charge in [-0.1, -0.05) is 24.3 Å². The molecule has 0 spiro atoms. The summed E-state index contributed by atoms with van der Waals surface area (Å²) in [6, 6.07) is 0. The Morgan fingerprint density at radius 2 is 0.833 bits per heavy atom. The number of hydrogen-bond acceptors (Lipinski definition) is 0. The van der Waals surface area contributed by atoms with Crippen LogP contribution in [-0.4, -0.2) is 11.8 Å². The van der Waals surface area contributed by atoms with Gasteiger partial charge in [0.1, 0.15) is 0 Å². The maximum absolute atomic E-state index is 12.3. The molecular weight excluding hydrogens is 244 g/mol. The van der Waals surface area contributed by atoms with Crippen molar-refractivity contribution in [3.63, 3.8) is 0 Å². The third kappa shape index (κ3) is 5.69. The van der Waals surface area contributed by atoms with Gasteiger partial charge < -0.3 is 0 Å². The summed E-state index contributed by atoms with van der Waals surface area (Å²) < 4.78 is 49.3. The van der Waals surface area contributed by atoms with E-state index in [0.717, 1.165) is 11.1 Å². The fourth-order valence-electron chi connectivity index (χ4n) is 1.94. The molecule has 2 aliphatic rings. The molecule has 0 aromatic rings. The Morgan fingerprint density at radius 1 is 0.611 bits per heavy atom. The number of alkyl halides is 4. The lowest BCUT2D eigenvalue weighted by molar-refractivity contribution is -0.0250. The van der Waals surface area contributed by atoms with E-state index in [-0.39, 0.29) is 25.7 Å². The molecule has 4 heteroatoms. The fraction of sp³-hybridized carbons (Fsp3) is 0.714. The normalized spacial score (nSPS) is 26.2. The van der Waals surface area contributed by atoms with Gasteiger partial charge in [-0.05, 0) is 25.7 Å². The smallest absolute Gasteiger partial charge is 0.207 e. The van der Waals surface area contributed by atoms with E-state index >= 15 is 0 Å². The number of rotatable bonds is 0. The van der Waals surface area contributed by atoms with Crippen LogP contribution in [0, 0.1) is 0 Å². The first kappa shape index (κ1) is 15.3. The van der Waals surface area contributed by atoms with E-state index in [2.05, 4.69) is 13.2 Å². The largest absolute Gasteiger partial charge is 0.248 e. The summed E-state index contributed by atoms with van der Waals surface area (Å²) in [4.78, 5) is 0. The highest BCUT2D eigenvalue weighted by atomic mass is 19.3. The van der Waals surface area contributed by atoms with Crippen molar-refractivity contribution in [3.05, 3.63) is 24.3 Å². The molecule has 18 heavy (non-hydrogen) atoms. The van der Waals surface area contributed by atoms with Gasteiger partial charge in [0.05, 0.1) is 0 Å². The minimum absolute atomic E-state index is 0.00579. The van der Waals surface area contributed by atoms with Gasteiger partial charge in [-0.15, -0.1) is 0 Å². The third-order valence-electron chi connectivity index (χ3n) is 3.38. The van der Waals surface area contributed by atoms with E-state index in [9.17, 15) is 17.6 Å². The Labute approximate surface area is 106 Å². The van der Waals surface area contributed by atoms with Crippen LogP contribution in [0.2, 0.25) is 0 Å². The first-order chi connectivity index (χ1) is 8.20. The highest BCUT2D eigenvalue weighted by Gasteiger charge is 2.32. The minimum Gasteiger partial charge on any atom is -0.207 e. The van der Waals surface area contributed by atoms with E-state index in [1.54, 1.807) is 0 Å². The molecule has 0 N–H and O–H groups in total. The predicted octanol–water partition coefficient (Wildman–Crippen LogP) is 5.50. The van der Waals surface area contributed by atoms with Gasteiger partial charge in [-0.25, -0.2) is 17.6 Å². The van der Waals surface area contributed by atoms with Gasteiger partial charge >= 0.3 is 0 Å². The quantitative estimate of drug-likeness (QED) is 0.400. The number of hydrogen-bond donors (Lipinski definition) is 0. The zero-order valence-electron chi connectivity index (χ0n) is 10.6. The number of allylic oxidation sites excluding steroid dienone is 2. The summed E-state index contributed by atoms with van der Waals surface area (Å²) in [6.07, 6.45) is 2.05. The molecule has 0 aromatic heterocycles. The zero-order valence-corrected chi connectivity index (χ0v) is 10.6. The average Bonchev–Trinajstić information content (AvgIpc) is 2.28. The van der Waals surface area contributed by atoms with Gasteiger partial charge in [-0.2, -0.15) is 0 Å². The second-order valence-corrected chi connectivity index (χ2v) is 5.21. The van der Waals surface area contributed by atoms with Crippen LogP contribution in [0.5, 0.6) is 0 Å². The average molecular weight is 264 g/mol.